The highest BCUT2D eigenvalue weighted by Crippen LogP contribution is 2.11. The van der Waals surface area contributed by atoms with E-state index in [1.165, 1.54) is 0 Å². The Morgan fingerprint density at radius 3 is 2.88 bits per heavy atom. The van der Waals surface area contributed by atoms with Gasteiger partial charge in [0.05, 0.1) is 0 Å². The smallest absolute Gasteiger partial charge is 0.251 e. The van der Waals surface area contributed by atoms with Gasteiger partial charge in [-0.15, -0.1) is 0 Å². The van der Waals surface area contributed by atoms with Gasteiger partial charge in [-0.2, -0.15) is 0 Å². The first-order valence-corrected chi connectivity index (χ1v) is 6.10. The SMILES string of the molecule is CCc1cc(C(=O)NCCCCO)cc(Cl)n1. The lowest BCUT2D eigenvalue weighted by Gasteiger charge is -2.06. The highest BCUT2D eigenvalue weighted by molar-refractivity contribution is 6.29. The summed E-state index contributed by atoms with van der Waals surface area (Å²) in [6.45, 7) is 2.67. The molecule has 1 amide bonds. The summed E-state index contributed by atoms with van der Waals surface area (Å²) >= 11 is 5.83. The molecular weight excluding hydrogens is 240 g/mol. The Morgan fingerprint density at radius 2 is 2.24 bits per heavy atom. The van der Waals surface area contributed by atoms with Crippen molar-refractivity contribution in [2.45, 2.75) is 26.2 Å². The molecule has 4 nitrogen and oxygen atoms in total. The number of aromatic nitrogens is 1. The molecule has 0 fully saturated rings. The molecule has 1 aromatic heterocycles. The van der Waals surface area contributed by atoms with Crippen LogP contribution >= 0.6 is 11.6 Å². The maximum atomic E-state index is 11.8. The van der Waals surface area contributed by atoms with Crippen LogP contribution in [0.15, 0.2) is 12.1 Å². The van der Waals surface area contributed by atoms with Gasteiger partial charge in [0.25, 0.3) is 5.91 Å². The summed E-state index contributed by atoms with van der Waals surface area (Å²) < 4.78 is 0. The maximum absolute atomic E-state index is 11.8. The number of aryl methyl sites for hydroxylation is 1. The zero-order chi connectivity index (χ0) is 12.7. The lowest BCUT2D eigenvalue weighted by Crippen LogP contribution is -2.24. The average molecular weight is 257 g/mol. The predicted octanol–water partition coefficient (Wildman–Crippen LogP) is 1.80. The minimum Gasteiger partial charge on any atom is -0.396 e. The van der Waals surface area contributed by atoms with Crippen LogP contribution in [-0.4, -0.2) is 29.1 Å². The third-order valence-electron chi connectivity index (χ3n) is 2.34. The molecule has 94 valence electrons. The number of carbonyl (C=O) groups is 1. The number of pyridine rings is 1. The number of nitrogens with one attached hydrogen (secondary N) is 1. The number of unbranched alkanes of at least 4 members (excludes halogenated alkanes) is 1. The molecule has 0 unspecified atom stereocenters. The summed E-state index contributed by atoms with van der Waals surface area (Å²) in [7, 11) is 0. The van der Waals surface area contributed by atoms with Gasteiger partial charge >= 0.3 is 0 Å². The zero-order valence-electron chi connectivity index (χ0n) is 9.87. The van der Waals surface area contributed by atoms with Gasteiger partial charge in [-0.25, -0.2) is 4.98 Å². The van der Waals surface area contributed by atoms with Crippen LogP contribution in [0.4, 0.5) is 0 Å². The predicted molar refractivity (Wildman–Crippen MR) is 67.3 cm³/mol. The fourth-order valence-electron chi connectivity index (χ4n) is 1.40. The van der Waals surface area contributed by atoms with E-state index < -0.39 is 0 Å². The molecule has 0 saturated carbocycles. The van der Waals surface area contributed by atoms with Gasteiger partial charge in [0.15, 0.2) is 0 Å². The van der Waals surface area contributed by atoms with Crippen molar-refractivity contribution >= 4 is 17.5 Å². The van der Waals surface area contributed by atoms with E-state index in [4.69, 9.17) is 16.7 Å². The zero-order valence-corrected chi connectivity index (χ0v) is 10.6. The minimum absolute atomic E-state index is 0.150. The van der Waals surface area contributed by atoms with Crippen LogP contribution in [0, 0.1) is 0 Å². The molecule has 0 atom stereocenters. The van der Waals surface area contributed by atoms with Gasteiger partial charge in [0.2, 0.25) is 0 Å². The molecule has 1 aromatic rings. The van der Waals surface area contributed by atoms with Crippen molar-refractivity contribution in [3.05, 3.63) is 28.5 Å². The summed E-state index contributed by atoms with van der Waals surface area (Å²) in [5.74, 6) is -0.151. The Kier molecular flexibility index (Phi) is 5.94. The number of amides is 1. The van der Waals surface area contributed by atoms with Crippen LogP contribution in [0.2, 0.25) is 5.15 Å². The van der Waals surface area contributed by atoms with Crippen molar-refractivity contribution < 1.29 is 9.90 Å². The quantitative estimate of drug-likeness (QED) is 0.603. The second-order valence-corrected chi connectivity index (χ2v) is 4.10. The largest absolute Gasteiger partial charge is 0.396 e. The minimum atomic E-state index is -0.151. The first-order chi connectivity index (χ1) is 8.17. The molecule has 0 saturated heterocycles. The number of carbonyl (C=O) groups excluding carboxylic acids is 1. The number of aliphatic hydroxyl groups is 1. The van der Waals surface area contributed by atoms with Crippen molar-refractivity contribution in [2.24, 2.45) is 0 Å². The highest BCUT2D eigenvalue weighted by Gasteiger charge is 2.07. The first kappa shape index (κ1) is 13.9. The average Bonchev–Trinajstić information content (AvgIpc) is 2.33. The summed E-state index contributed by atoms with van der Waals surface area (Å²) in [6.07, 6.45) is 2.20. The van der Waals surface area contributed by atoms with Crippen LogP contribution in [0.5, 0.6) is 0 Å². The molecule has 1 heterocycles. The van der Waals surface area contributed by atoms with E-state index in [2.05, 4.69) is 10.3 Å². The van der Waals surface area contributed by atoms with Crippen LogP contribution < -0.4 is 5.32 Å². The molecule has 1 rings (SSSR count). The summed E-state index contributed by atoms with van der Waals surface area (Å²) in [6, 6.07) is 3.30. The second kappa shape index (κ2) is 7.25. The Bertz CT molecular complexity index is 383. The van der Waals surface area contributed by atoms with E-state index in [-0.39, 0.29) is 12.5 Å². The van der Waals surface area contributed by atoms with Gasteiger partial charge in [-0.1, -0.05) is 18.5 Å². The Labute approximate surface area is 106 Å². The Hall–Kier alpha value is -1.13. The standard InChI is InChI=1S/C12H17ClN2O2/c1-2-10-7-9(8-11(13)15-10)12(17)14-5-3-4-6-16/h7-8,16H,2-6H2,1H3,(H,14,17). The lowest BCUT2D eigenvalue weighted by molar-refractivity contribution is 0.0952. The Morgan fingerprint density at radius 1 is 1.47 bits per heavy atom. The molecule has 0 aliphatic rings. The third kappa shape index (κ3) is 4.71. The Balaban J connectivity index is 2.59. The molecule has 17 heavy (non-hydrogen) atoms. The van der Waals surface area contributed by atoms with E-state index in [0.717, 1.165) is 18.5 Å². The van der Waals surface area contributed by atoms with Crippen molar-refractivity contribution in [2.75, 3.05) is 13.2 Å². The van der Waals surface area contributed by atoms with Crippen molar-refractivity contribution in [3.63, 3.8) is 0 Å². The second-order valence-electron chi connectivity index (χ2n) is 3.71. The molecule has 0 aliphatic carbocycles. The number of nitrogens with zero attached hydrogens (tertiary/aromatic N) is 1. The maximum Gasteiger partial charge on any atom is 0.251 e. The number of hydrogen-bond acceptors (Lipinski definition) is 3. The number of rotatable bonds is 6. The third-order valence-corrected chi connectivity index (χ3v) is 2.54. The van der Waals surface area contributed by atoms with Crippen LogP contribution in [-0.2, 0) is 6.42 Å². The van der Waals surface area contributed by atoms with E-state index in [1.807, 2.05) is 6.92 Å². The molecule has 0 bridgehead atoms. The van der Waals surface area contributed by atoms with Gasteiger partial charge < -0.3 is 10.4 Å². The first-order valence-electron chi connectivity index (χ1n) is 5.73. The van der Waals surface area contributed by atoms with E-state index in [0.29, 0.717) is 23.7 Å². The summed E-state index contributed by atoms with van der Waals surface area (Å²) in [4.78, 5) is 15.9. The number of hydrogen-bond donors (Lipinski definition) is 2. The fraction of sp³-hybridized carbons (Fsp3) is 0.500. The highest BCUT2D eigenvalue weighted by atomic mass is 35.5. The van der Waals surface area contributed by atoms with Crippen molar-refractivity contribution in [3.8, 4) is 0 Å². The van der Waals surface area contributed by atoms with Crippen LogP contribution in [0.1, 0.15) is 35.8 Å². The lowest BCUT2D eigenvalue weighted by atomic mass is 10.2. The normalized spacial score (nSPS) is 10.3. The van der Waals surface area contributed by atoms with E-state index in [9.17, 15) is 4.79 Å². The van der Waals surface area contributed by atoms with E-state index in [1.54, 1.807) is 12.1 Å². The van der Waals surface area contributed by atoms with Gasteiger partial charge in [0.1, 0.15) is 5.15 Å². The van der Waals surface area contributed by atoms with Crippen LogP contribution in [0.25, 0.3) is 0 Å². The molecular formula is C12H17ClN2O2. The molecule has 0 aliphatic heterocycles. The topological polar surface area (TPSA) is 62.2 Å². The van der Waals surface area contributed by atoms with Gasteiger partial charge in [-0.3, -0.25) is 4.79 Å². The van der Waals surface area contributed by atoms with Gasteiger partial charge in [-0.05, 0) is 31.4 Å². The molecule has 0 spiro atoms. The molecule has 0 aromatic carbocycles. The molecule has 0 radical (unpaired) electrons. The van der Waals surface area contributed by atoms with Crippen molar-refractivity contribution in [1.82, 2.24) is 10.3 Å². The van der Waals surface area contributed by atoms with Gasteiger partial charge in [0, 0.05) is 24.4 Å². The van der Waals surface area contributed by atoms with E-state index >= 15 is 0 Å². The molecule has 2 N–H and O–H groups in total. The summed E-state index contributed by atoms with van der Waals surface area (Å²) in [5.41, 5.74) is 1.34. The number of aliphatic hydroxyl groups excluding tert-OH is 1. The summed E-state index contributed by atoms with van der Waals surface area (Å²) in [5, 5.41) is 11.7. The molecule has 5 heteroatoms. The van der Waals surface area contributed by atoms with Crippen LogP contribution in [0.3, 0.4) is 0 Å². The fourth-order valence-corrected chi connectivity index (χ4v) is 1.63. The number of halogens is 1. The van der Waals surface area contributed by atoms with Crippen molar-refractivity contribution in [1.29, 1.82) is 0 Å². The monoisotopic (exact) mass is 256 g/mol.